The summed E-state index contributed by atoms with van der Waals surface area (Å²) in [5.41, 5.74) is 6.67. The topological polar surface area (TPSA) is 35.2 Å². The van der Waals surface area contributed by atoms with Crippen molar-refractivity contribution in [3.05, 3.63) is 64.2 Å². The predicted molar refractivity (Wildman–Crippen MR) is 74.7 cm³/mol. The Morgan fingerprint density at radius 1 is 1.20 bits per heavy atom. The van der Waals surface area contributed by atoms with Gasteiger partial charge in [0.25, 0.3) is 0 Å². The Balaban J connectivity index is 2.18. The van der Waals surface area contributed by atoms with E-state index < -0.39 is 5.82 Å². The lowest BCUT2D eigenvalue weighted by atomic mass is 10.1. The van der Waals surface area contributed by atoms with Crippen molar-refractivity contribution in [1.82, 2.24) is 0 Å². The molecule has 106 valence electrons. The van der Waals surface area contributed by atoms with E-state index in [1.807, 2.05) is 0 Å². The van der Waals surface area contributed by atoms with Gasteiger partial charge in [-0.1, -0.05) is 17.7 Å². The Hall–Kier alpha value is -1.65. The molecule has 0 aliphatic heterocycles. The minimum Gasteiger partial charge on any atom is -0.488 e. The number of rotatable bonds is 4. The number of hydrogen-bond donors (Lipinski definition) is 1. The van der Waals surface area contributed by atoms with Crippen molar-refractivity contribution in [2.75, 3.05) is 0 Å². The molecule has 0 amide bonds. The van der Waals surface area contributed by atoms with Crippen LogP contribution in [0.15, 0.2) is 36.4 Å². The minimum absolute atomic E-state index is 0.0222. The second-order valence-electron chi connectivity index (χ2n) is 4.50. The molecule has 0 aromatic heterocycles. The molecule has 0 spiro atoms. The predicted octanol–water partition coefficient (Wildman–Crippen LogP) is 4.22. The number of halogens is 3. The summed E-state index contributed by atoms with van der Waals surface area (Å²) < 4.78 is 32.4. The molecule has 20 heavy (non-hydrogen) atoms. The van der Waals surface area contributed by atoms with Gasteiger partial charge in [-0.25, -0.2) is 8.78 Å². The quantitative estimate of drug-likeness (QED) is 0.917. The summed E-state index contributed by atoms with van der Waals surface area (Å²) in [6, 6.07) is 8.06. The van der Waals surface area contributed by atoms with Crippen LogP contribution < -0.4 is 10.5 Å². The fraction of sp³-hybridized carbons (Fsp3) is 0.200. The zero-order chi connectivity index (χ0) is 14.7. The highest BCUT2D eigenvalue weighted by molar-refractivity contribution is 6.30. The van der Waals surface area contributed by atoms with Gasteiger partial charge in [0.1, 0.15) is 24.0 Å². The molecular weight excluding hydrogens is 284 g/mol. The van der Waals surface area contributed by atoms with Crippen molar-refractivity contribution in [2.24, 2.45) is 5.73 Å². The summed E-state index contributed by atoms with van der Waals surface area (Å²) in [6.45, 7) is 1.75. The number of ether oxygens (including phenoxy) is 1. The highest BCUT2D eigenvalue weighted by Gasteiger charge is 2.11. The van der Waals surface area contributed by atoms with Crippen LogP contribution in [0, 0.1) is 11.6 Å². The molecule has 0 unspecified atom stereocenters. The van der Waals surface area contributed by atoms with Gasteiger partial charge in [-0.15, -0.1) is 0 Å². The lowest BCUT2D eigenvalue weighted by Crippen LogP contribution is -2.09. The summed E-state index contributed by atoms with van der Waals surface area (Å²) in [6.07, 6.45) is 0. The third kappa shape index (κ3) is 3.46. The number of nitrogens with two attached hydrogens (primary N) is 1. The first-order valence-electron chi connectivity index (χ1n) is 6.09. The number of benzene rings is 2. The molecule has 0 heterocycles. The van der Waals surface area contributed by atoms with Crippen molar-refractivity contribution in [2.45, 2.75) is 19.6 Å². The van der Waals surface area contributed by atoms with Crippen LogP contribution in [0.2, 0.25) is 5.02 Å². The third-order valence-electron chi connectivity index (χ3n) is 2.86. The van der Waals surface area contributed by atoms with Gasteiger partial charge in [0, 0.05) is 22.2 Å². The molecule has 2 aromatic rings. The zero-order valence-electron chi connectivity index (χ0n) is 10.9. The van der Waals surface area contributed by atoms with E-state index in [1.165, 1.54) is 24.3 Å². The molecule has 0 radical (unpaired) electrons. The van der Waals surface area contributed by atoms with Gasteiger partial charge >= 0.3 is 0 Å². The summed E-state index contributed by atoms with van der Waals surface area (Å²) >= 11 is 5.68. The van der Waals surface area contributed by atoms with Crippen molar-refractivity contribution < 1.29 is 13.5 Å². The van der Waals surface area contributed by atoms with E-state index in [1.54, 1.807) is 19.1 Å². The van der Waals surface area contributed by atoms with E-state index >= 15 is 0 Å². The summed E-state index contributed by atoms with van der Waals surface area (Å²) in [5.74, 6) is -0.389. The average Bonchev–Trinajstić information content (AvgIpc) is 2.38. The van der Waals surface area contributed by atoms with Crippen LogP contribution in [0.3, 0.4) is 0 Å². The molecule has 0 bridgehead atoms. The van der Waals surface area contributed by atoms with E-state index in [0.717, 1.165) is 0 Å². The van der Waals surface area contributed by atoms with Gasteiger partial charge < -0.3 is 10.5 Å². The summed E-state index contributed by atoms with van der Waals surface area (Å²) in [5, 5.41) is 0.323. The molecule has 0 aliphatic carbocycles. The molecule has 0 saturated carbocycles. The molecule has 5 heteroatoms. The van der Waals surface area contributed by atoms with E-state index in [-0.39, 0.29) is 18.5 Å². The fourth-order valence-corrected chi connectivity index (χ4v) is 1.96. The standard InChI is InChI=1S/C15H14ClF2NO/c1-9(19)13-7-12(17)4-5-15(13)20-8-10-2-3-11(16)6-14(10)18/h2-7,9H,8,19H2,1H3/t9-/m0/s1. The molecule has 0 fully saturated rings. The Morgan fingerprint density at radius 3 is 2.60 bits per heavy atom. The maximum absolute atomic E-state index is 13.6. The number of hydrogen-bond acceptors (Lipinski definition) is 2. The van der Waals surface area contributed by atoms with E-state index in [0.29, 0.717) is 21.9 Å². The van der Waals surface area contributed by atoms with Crippen LogP contribution in [0.1, 0.15) is 24.1 Å². The molecule has 2 N–H and O–H groups in total. The molecule has 0 aliphatic rings. The van der Waals surface area contributed by atoms with Gasteiger partial charge in [-0.05, 0) is 37.3 Å². The molecule has 0 saturated heterocycles. The molecule has 2 nitrogen and oxygen atoms in total. The second kappa shape index (κ2) is 6.20. The van der Waals surface area contributed by atoms with E-state index in [4.69, 9.17) is 22.1 Å². The maximum Gasteiger partial charge on any atom is 0.131 e. The van der Waals surface area contributed by atoms with Crippen LogP contribution >= 0.6 is 11.6 Å². The summed E-state index contributed by atoms with van der Waals surface area (Å²) in [4.78, 5) is 0. The lowest BCUT2D eigenvalue weighted by Gasteiger charge is -2.14. The minimum atomic E-state index is -0.443. The van der Waals surface area contributed by atoms with Crippen LogP contribution in [-0.2, 0) is 6.61 Å². The molecule has 2 aromatic carbocycles. The van der Waals surface area contributed by atoms with Crippen molar-refractivity contribution in [3.63, 3.8) is 0 Å². The van der Waals surface area contributed by atoms with Crippen molar-refractivity contribution in [3.8, 4) is 5.75 Å². The Kier molecular flexibility index (Phi) is 4.57. The van der Waals surface area contributed by atoms with Crippen LogP contribution in [0.4, 0.5) is 8.78 Å². The Labute approximate surface area is 121 Å². The lowest BCUT2D eigenvalue weighted by molar-refractivity contribution is 0.295. The monoisotopic (exact) mass is 297 g/mol. The average molecular weight is 298 g/mol. The first-order valence-corrected chi connectivity index (χ1v) is 6.47. The van der Waals surface area contributed by atoms with Crippen LogP contribution in [-0.4, -0.2) is 0 Å². The SMILES string of the molecule is C[C@H](N)c1cc(F)ccc1OCc1ccc(Cl)cc1F. The maximum atomic E-state index is 13.6. The van der Waals surface area contributed by atoms with Crippen molar-refractivity contribution >= 4 is 11.6 Å². The largest absolute Gasteiger partial charge is 0.488 e. The van der Waals surface area contributed by atoms with Crippen LogP contribution in [0.25, 0.3) is 0 Å². The normalized spacial score (nSPS) is 12.2. The van der Waals surface area contributed by atoms with E-state index in [2.05, 4.69) is 0 Å². The molecular formula is C15H14ClF2NO. The van der Waals surface area contributed by atoms with Gasteiger partial charge in [0.15, 0.2) is 0 Å². The van der Waals surface area contributed by atoms with Gasteiger partial charge in [0.05, 0.1) is 0 Å². The first-order chi connectivity index (χ1) is 9.47. The summed E-state index contributed by atoms with van der Waals surface area (Å²) in [7, 11) is 0. The second-order valence-corrected chi connectivity index (χ2v) is 4.93. The Morgan fingerprint density at radius 2 is 1.95 bits per heavy atom. The Bertz CT molecular complexity index is 617. The van der Waals surface area contributed by atoms with Gasteiger partial charge in [-0.2, -0.15) is 0 Å². The van der Waals surface area contributed by atoms with Crippen LogP contribution in [0.5, 0.6) is 5.75 Å². The van der Waals surface area contributed by atoms with Crippen molar-refractivity contribution in [1.29, 1.82) is 0 Å². The third-order valence-corrected chi connectivity index (χ3v) is 3.10. The fourth-order valence-electron chi connectivity index (χ4n) is 1.80. The smallest absolute Gasteiger partial charge is 0.131 e. The first kappa shape index (κ1) is 14.8. The highest BCUT2D eigenvalue weighted by atomic mass is 35.5. The van der Waals surface area contributed by atoms with E-state index in [9.17, 15) is 8.78 Å². The highest BCUT2D eigenvalue weighted by Crippen LogP contribution is 2.26. The zero-order valence-corrected chi connectivity index (χ0v) is 11.6. The van der Waals surface area contributed by atoms with Gasteiger partial charge in [-0.3, -0.25) is 0 Å². The molecule has 2 rings (SSSR count). The molecule has 1 atom stereocenters. The van der Waals surface area contributed by atoms with Gasteiger partial charge in [0.2, 0.25) is 0 Å².